The van der Waals surface area contributed by atoms with Crippen molar-refractivity contribution in [2.24, 2.45) is 5.92 Å². The van der Waals surface area contributed by atoms with Crippen molar-refractivity contribution in [1.82, 2.24) is 9.88 Å². The first-order valence-corrected chi connectivity index (χ1v) is 8.53. The smallest absolute Gasteiger partial charge is 0.180 e. The van der Waals surface area contributed by atoms with Crippen molar-refractivity contribution in [2.75, 3.05) is 12.3 Å². The van der Waals surface area contributed by atoms with Gasteiger partial charge in [-0.25, -0.2) is 4.98 Å². The van der Waals surface area contributed by atoms with Crippen LogP contribution in [0.4, 0.5) is 5.13 Å². The van der Waals surface area contributed by atoms with Crippen LogP contribution in [0, 0.1) is 5.92 Å². The summed E-state index contributed by atoms with van der Waals surface area (Å²) < 4.78 is 0. The summed E-state index contributed by atoms with van der Waals surface area (Å²) in [4.78, 5) is 8.02. The van der Waals surface area contributed by atoms with Crippen molar-refractivity contribution in [3.05, 3.63) is 47.0 Å². The molecule has 0 saturated heterocycles. The Hall–Kier alpha value is -1.39. The van der Waals surface area contributed by atoms with Gasteiger partial charge < -0.3 is 5.73 Å². The molecule has 1 fully saturated rings. The maximum Gasteiger partial charge on any atom is 0.180 e. The van der Waals surface area contributed by atoms with Crippen LogP contribution in [0.25, 0.3) is 0 Å². The number of hydrogen-bond donors (Lipinski definition) is 1. The third-order valence-corrected chi connectivity index (χ3v) is 5.29. The van der Waals surface area contributed by atoms with E-state index in [1.807, 2.05) is 6.20 Å². The van der Waals surface area contributed by atoms with Gasteiger partial charge in [0.1, 0.15) is 0 Å². The van der Waals surface area contributed by atoms with E-state index in [0.717, 1.165) is 12.5 Å². The van der Waals surface area contributed by atoms with Crippen LogP contribution in [0.15, 0.2) is 36.5 Å². The number of aromatic nitrogens is 1. The molecule has 1 aliphatic rings. The van der Waals surface area contributed by atoms with Gasteiger partial charge in [-0.1, -0.05) is 36.8 Å². The fraction of sp³-hybridized carbons (Fsp3) is 0.471. The van der Waals surface area contributed by atoms with Crippen LogP contribution < -0.4 is 5.73 Å². The minimum atomic E-state index is 0.426. The minimum absolute atomic E-state index is 0.426. The molecule has 21 heavy (non-hydrogen) atoms. The molecule has 112 valence electrons. The predicted octanol–water partition coefficient (Wildman–Crippen LogP) is 4.09. The number of nitrogens with two attached hydrogens (primary N) is 1. The van der Waals surface area contributed by atoms with Gasteiger partial charge >= 0.3 is 0 Å². The van der Waals surface area contributed by atoms with E-state index >= 15 is 0 Å². The van der Waals surface area contributed by atoms with Gasteiger partial charge in [-0.2, -0.15) is 0 Å². The molecule has 4 heteroatoms. The standard InChI is InChI=1S/C17H23N3S/c1-13(15-8-3-2-4-9-15)20(11-14-6-5-7-14)12-16-10-19-17(18)21-16/h2-4,8-10,13-14H,5-7,11-12H2,1H3,(H2,18,19). The number of thiazole rings is 1. The number of nitrogen functional groups attached to an aromatic ring is 1. The number of hydrogen-bond acceptors (Lipinski definition) is 4. The summed E-state index contributed by atoms with van der Waals surface area (Å²) in [5.74, 6) is 0.862. The van der Waals surface area contributed by atoms with E-state index in [0.29, 0.717) is 11.2 Å². The monoisotopic (exact) mass is 301 g/mol. The first kappa shape index (κ1) is 14.5. The lowest BCUT2D eigenvalue weighted by Crippen LogP contribution is -2.34. The Morgan fingerprint density at radius 1 is 1.33 bits per heavy atom. The summed E-state index contributed by atoms with van der Waals surface area (Å²) in [6.07, 6.45) is 6.07. The molecule has 3 rings (SSSR count). The summed E-state index contributed by atoms with van der Waals surface area (Å²) in [5.41, 5.74) is 7.15. The van der Waals surface area contributed by atoms with Gasteiger partial charge in [-0.05, 0) is 31.2 Å². The van der Waals surface area contributed by atoms with Gasteiger partial charge in [-0.3, -0.25) is 4.90 Å². The quantitative estimate of drug-likeness (QED) is 0.874. The number of nitrogens with zero attached hydrogens (tertiary/aromatic N) is 2. The topological polar surface area (TPSA) is 42.2 Å². The highest BCUT2D eigenvalue weighted by atomic mass is 32.1. The van der Waals surface area contributed by atoms with Crippen molar-refractivity contribution in [3.8, 4) is 0 Å². The molecule has 1 atom stereocenters. The molecule has 1 aliphatic carbocycles. The molecule has 3 nitrogen and oxygen atoms in total. The van der Waals surface area contributed by atoms with E-state index in [-0.39, 0.29) is 0 Å². The van der Waals surface area contributed by atoms with Crippen LogP contribution in [0.1, 0.15) is 42.7 Å². The fourth-order valence-corrected chi connectivity index (χ4v) is 3.61. The molecule has 1 aromatic carbocycles. The minimum Gasteiger partial charge on any atom is -0.375 e. The Morgan fingerprint density at radius 2 is 2.10 bits per heavy atom. The molecule has 0 bridgehead atoms. The summed E-state index contributed by atoms with van der Waals surface area (Å²) in [6, 6.07) is 11.2. The van der Waals surface area contributed by atoms with E-state index in [1.165, 1.54) is 36.2 Å². The second-order valence-electron chi connectivity index (χ2n) is 5.98. The Labute approximate surface area is 130 Å². The van der Waals surface area contributed by atoms with Gasteiger partial charge in [0.25, 0.3) is 0 Å². The fourth-order valence-electron chi connectivity index (χ4n) is 2.90. The lowest BCUT2D eigenvalue weighted by atomic mass is 9.84. The molecule has 1 saturated carbocycles. The SMILES string of the molecule is CC(c1ccccc1)N(Cc1cnc(N)s1)CC1CCC1. The van der Waals surface area contributed by atoms with Crippen molar-refractivity contribution in [2.45, 2.75) is 38.8 Å². The van der Waals surface area contributed by atoms with E-state index in [4.69, 9.17) is 5.73 Å². The average Bonchev–Trinajstić information content (AvgIpc) is 2.87. The van der Waals surface area contributed by atoms with Crippen LogP contribution in [0.5, 0.6) is 0 Å². The second-order valence-corrected chi connectivity index (χ2v) is 7.12. The van der Waals surface area contributed by atoms with Crippen LogP contribution in [-0.2, 0) is 6.54 Å². The molecule has 1 unspecified atom stereocenters. The molecule has 2 N–H and O–H groups in total. The third-order valence-electron chi connectivity index (χ3n) is 4.48. The maximum atomic E-state index is 5.77. The van der Waals surface area contributed by atoms with Gasteiger partial charge in [0.05, 0.1) is 0 Å². The highest BCUT2D eigenvalue weighted by molar-refractivity contribution is 7.15. The maximum absolute atomic E-state index is 5.77. The zero-order chi connectivity index (χ0) is 14.7. The zero-order valence-corrected chi connectivity index (χ0v) is 13.4. The van der Waals surface area contributed by atoms with Crippen molar-refractivity contribution >= 4 is 16.5 Å². The van der Waals surface area contributed by atoms with Crippen LogP contribution >= 0.6 is 11.3 Å². The Morgan fingerprint density at radius 3 is 2.67 bits per heavy atom. The van der Waals surface area contributed by atoms with Gasteiger partial charge in [-0.15, -0.1) is 11.3 Å². The van der Waals surface area contributed by atoms with E-state index < -0.39 is 0 Å². The van der Waals surface area contributed by atoms with Crippen molar-refractivity contribution in [3.63, 3.8) is 0 Å². The molecular formula is C17H23N3S. The number of rotatable bonds is 6. The van der Waals surface area contributed by atoms with E-state index in [2.05, 4.69) is 47.1 Å². The first-order chi connectivity index (χ1) is 10.2. The highest BCUT2D eigenvalue weighted by Gasteiger charge is 2.24. The normalized spacial score (nSPS) is 16.9. The summed E-state index contributed by atoms with van der Waals surface area (Å²) in [6.45, 7) is 4.42. The third kappa shape index (κ3) is 3.63. The molecule has 0 spiro atoms. The Bertz CT molecular complexity index is 562. The molecule has 2 aromatic rings. The lowest BCUT2D eigenvalue weighted by Gasteiger charge is -2.36. The van der Waals surface area contributed by atoms with Crippen LogP contribution in [0.2, 0.25) is 0 Å². The lowest BCUT2D eigenvalue weighted by molar-refractivity contribution is 0.134. The molecule has 0 amide bonds. The summed E-state index contributed by atoms with van der Waals surface area (Å²) in [5, 5.41) is 0.668. The largest absolute Gasteiger partial charge is 0.375 e. The van der Waals surface area contributed by atoms with Crippen LogP contribution in [-0.4, -0.2) is 16.4 Å². The van der Waals surface area contributed by atoms with Crippen molar-refractivity contribution < 1.29 is 0 Å². The predicted molar refractivity (Wildman–Crippen MR) is 89.1 cm³/mol. The zero-order valence-electron chi connectivity index (χ0n) is 12.5. The highest BCUT2D eigenvalue weighted by Crippen LogP contribution is 2.32. The molecular weight excluding hydrogens is 278 g/mol. The summed E-state index contributed by atoms with van der Waals surface area (Å²) in [7, 11) is 0. The first-order valence-electron chi connectivity index (χ1n) is 7.71. The van der Waals surface area contributed by atoms with E-state index in [1.54, 1.807) is 11.3 Å². The van der Waals surface area contributed by atoms with Gasteiger partial charge in [0.15, 0.2) is 5.13 Å². The molecule has 0 aliphatic heterocycles. The molecule has 1 heterocycles. The van der Waals surface area contributed by atoms with Crippen molar-refractivity contribution in [1.29, 1.82) is 0 Å². The molecule has 0 radical (unpaired) electrons. The van der Waals surface area contributed by atoms with Gasteiger partial charge in [0, 0.05) is 30.2 Å². The average molecular weight is 301 g/mol. The Kier molecular flexibility index (Phi) is 4.56. The number of anilines is 1. The molecule has 1 aromatic heterocycles. The number of benzene rings is 1. The second kappa shape index (κ2) is 6.58. The summed E-state index contributed by atoms with van der Waals surface area (Å²) >= 11 is 1.61. The van der Waals surface area contributed by atoms with Gasteiger partial charge in [0.2, 0.25) is 0 Å². The van der Waals surface area contributed by atoms with Crippen LogP contribution in [0.3, 0.4) is 0 Å². The Balaban J connectivity index is 1.74. The van der Waals surface area contributed by atoms with E-state index in [9.17, 15) is 0 Å².